The van der Waals surface area contributed by atoms with Crippen molar-refractivity contribution in [2.24, 2.45) is 0 Å². The van der Waals surface area contributed by atoms with E-state index in [1.165, 1.54) is 10.2 Å². The minimum atomic E-state index is -3.65. The van der Waals surface area contributed by atoms with Crippen LogP contribution >= 0.6 is 0 Å². The Morgan fingerprint density at radius 2 is 1.87 bits per heavy atom. The van der Waals surface area contributed by atoms with Crippen molar-refractivity contribution < 1.29 is 8.42 Å². The molecule has 0 aliphatic rings. The molecule has 0 amide bonds. The van der Waals surface area contributed by atoms with Gasteiger partial charge in [-0.15, -0.1) is 0 Å². The lowest BCUT2D eigenvalue weighted by Gasteiger charge is -2.07. The first-order valence-corrected chi connectivity index (χ1v) is 8.38. The Bertz CT molecular complexity index is 1070. The molecule has 0 aliphatic carbocycles. The molecule has 3 heterocycles. The molecular formula is C16H12N4O2S. The van der Waals surface area contributed by atoms with Crippen LogP contribution in [0.5, 0.6) is 0 Å². The van der Waals surface area contributed by atoms with Crippen molar-refractivity contribution in [3.63, 3.8) is 0 Å². The first kappa shape index (κ1) is 13.7. The monoisotopic (exact) mass is 324 g/mol. The zero-order valence-electron chi connectivity index (χ0n) is 11.9. The Balaban J connectivity index is 1.87. The Labute approximate surface area is 132 Å². The summed E-state index contributed by atoms with van der Waals surface area (Å²) in [5, 5.41) is 7.52. The van der Waals surface area contributed by atoms with Gasteiger partial charge in [-0.2, -0.15) is 5.10 Å². The molecule has 1 N–H and O–H groups in total. The molecule has 3 aromatic heterocycles. The number of benzene rings is 1. The van der Waals surface area contributed by atoms with Crippen molar-refractivity contribution in [3.05, 3.63) is 67.1 Å². The van der Waals surface area contributed by atoms with Crippen molar-refractivity contribution >= 4 is 21.1 Å². The van der Waals surface area contributed by atoms with Gasteiger partial charge in [-0.3, -0.25) is 5.10 Å². The molecule has 4 rings (SSSR count). The summed E-state index contributed by atoms with van der Waals surface area (Å²) in [7, 11) is -3.65. The van der Waals surface area contributed by atoms with Crippen LogP contribution in [0.4, 0.5) is 0 Å². The normalized spacial score (nSPS) is 11.8. The average Bonchev–Trinajstić information content (AvgIpc) is 3.25. The van der Waals surface area contributed by atoms with E-state index in [2.05, 4.69) is 15.2 Å². The highest BCUT2D eigenvalue weighted by atomic mass is 32.2. The molecule has 6 nitrogen and oxygen atoms in total. The summed E-state index contributed by atoms with van der Waals surface area (Å²) >= 11 is 0. The maximum absolute atomic E-state index is 12.7. The van der Waals surface area contributed by atoms with Gasteiger partial charge < -0.3 is 0 Å². The molecule has 23 heavy (non-hydrogen) atoms. The van der Waals surface area contributed by atoms with E-state index in [1.54, 1.807) is 48.8 Å². The fraction of sp³-hybridized carbons (Fsp3) is 0. The summed E-state index contributed by atoms with van der Waals surface area (Å²) in [6.07, 6.45) is 4.81. The van der Waals surface area contributed by atoms with E-state index < -0.39 is 10.0 Å². The van der Waals surface area contributed by atoms with Gasteiger partial charge in [0.25, 0.3) is 10.0 Å². The van der Waals surface area contributed by atoms with Crippen molar-refractivity contribution in [2.75, 3.05) is 0 Å². The van der Waals surface area contributed by atoms with Crippen molar-refractivity contribution in [2.45, 2.75) is 4.90 Å². The van der Waals surface area contributed by atoms with Gasteiger partial charge in [-0.25, -0.2) is 17.4 Å². The Hall–Kier alpha value is -2.93. The second-order valence-corrected chi connectivity index (χ2v) is 6.85. The summed E-state index contributed by atoms with van der Waals surface area (Å²) in [6.45, 7) is 0. The van der Waals surface area contributed by atoms with Crippen LogP contribution < -0.4 is 0 Å². The molecule has 0 bridgehead atoms. The van der Waals surface area contributed by atoms with Gasteiger partial charge >= 0.3 is 0 Å². The number of aromatic amines is 1. The van der Waals surface area contributed by atoms with Gasteiger partial charge in [0.1, 0.15) is 0 Å². The minimum absolute atomic E-state index is 0.233. The van der Waals surface area contributed by atoms with E-state index in [0.29, 0.717) is 5.65 Å². The highest BCUT2D eigenvalue weighted by Gasteiger charge is 2.19. The molecule has 0 spiro atoms. The van der Waals surface area contributed by atoms with Crippen LogP contribution in [-0.2, 0) is 10.0 Å². The van der Waals surface area contributed by atoms with Crippen LogP contribution in [0, 0.1) is 0 Å². The average molecular weight is 324 g/mol. The van der Waals surface area contributed by atoms with Gasteiger partial charge in [0.2, 0.25) is 0 Å². The first-order chi connectivity index (χ1) is 11.2. The number of nitrogens with zero attached hydrogens (tertiary/aromatic N) is 3. The number of aromatic nitrogens is 4. The first-order valence-electron chi connectivity index (χ1n) is 6.94. The predicted octanol–water partition coefficient (Wildman–Crippen LogP) is 2.66. The van der Waals surface area contributed by atoms with E-state index in [-0.39, 0.29) is 4.90 Å². The number of fused-ring (bicyclic) bond motifs is 1. The van der Waals surface area contributed by atoms with E-state index in [4.69, 9.17) is 0 Å². The topological polar surface area (TPSA) is 80.6 Å². The zero-order chi connectivity index (χ0) is 15.9. The van der Waals surface area contributed by atoms with E-state index in [9.17, 15) is 8.42 Å². The van der Waals surface area contributed by atoms with Gasteiger partial charge in [0.05, 0.1) is 10.6 Å². The molecule has 7 heteroatoms. The van der Waals surface area contributed by atoms with E-state index in [1.807, 2.05) is 12.1 Å². The molecule has 0 unspecified atom stereocenters. The molecule has 0 radical (unpaired) electrons. The lowest BCUT2D eigenvalue weighted by Crippen LogP contribution is -2.12. The standard InChI is InChI=1S/C16H12N4O2S/c21-23(22,14-4-2-1-3-5-14)20-9-7-12-10-13(11-17-16(12)20)15-6-8-18-19-15/h1-11H,(H,18,19). The molecule has 1 aromatic carbocycles. The third-order valence-corrected chi connectivity index (χ3v) is 5.29. The van der Waals surface area contributed by atoms with Crippen LogP contribution in [0.3, 0.4) is 0 Å². The zero-order valence-corrected chi connectivity index (χ0v) is 12.7. The van der Waals surface area contributed by atoms with Crippen LogP contribution in [-0.4, -0.2) is 27.6 Å². The molecule has 0 fully saturated rings. The highest BCUT2D eigenvalue weighted by molar-refractivity contribution is 7.90. The number of pyridine rings is 1. The van der Waals surface area contributed by atoms with Crippen molar-refractivity contribution in [1.82, 2.24) is 19.2 Å². The van der Waals surface area contributed by atoms with Gasteiger partial charge in [0, 0.05) is 29.5 Å². The highest BCUT2D eigenvalue weighted by Crippen LogP contribution is 2.24. The number of hydrogen-bond acceptors (Lipinski definition) is 4. The Morgan fingerprint density at radius 1 is 1.04 bits per heavy atom. The summed E-state index contributed by atoms with van der Waals surface area (Å²) in [6, 6.07) is 13.8. The van der Waals surface area contributed by atoms with Gasteiger partial charge in [-0.05, 0) is 30.3 Å². The summed E-state index contributed by atoms with van der Waals surface area (Å²) in [4.78, 5) is 4.56. The lowest BCUT2D eigenvalue weighted by atomic mass is 10.2. The Morgan fingerprint density at radius 3 is 2.61 bits per heavy atom. The lowest BCUT2D eigenvalue weighted by molar-refractivity contribution is 0.589. The molecule has 0 atom stereocenters. The van der Waals surface area contributed by atoms with Gasteiger partial charge in [0.15, 0.2) is 5.65 Å². The molecular weight excluding hydrogens is 312 g/mol. The van der Waals surface area contributed by atoms with Crippen molar-refractivity contribution in [1.29, 1.82) is 0 Å². The molecule has 0 saturated heterocycles. The second-order valence-electron chi connectivity index (χ2n) is 5.04. The van der Waals surface area contributed by atoms with Crippen LogP contribution in [0.25, 0.3) is 22.3 Å². The number of H-pyrrole nitrogens is 1. The predicted molar refractivity (Wildman–Crippen MR) is 86.3 cm³/mol. The maximum Gasteiger partial charge on any atom is 0.269 e. The minimum Gasteiger partial charge on any atom is -0.278 e. The molecule has 4 aromatic rings. The van der Waals surface area contributed by atoms with Crippen LogP contribution in [0.15, 0.2) is 72.0 Å². The van der Waals surface area contributed by atoms with Gasteiger partial charge in [-0.1, -0.05) is 18.2 Å². The smallest absolute Gasteiger partial charge is 0.269 e. The van der Waals surface area contributed by atoms with Crippen LogP contribution in [0.1, 0.15) is 0 Å². The summed E-state index contributed by atoms with van der Waals surface area (Å²) in [5.74, 6) is 0. The third kappa shape index (κ3) is 2.22. The maximum atomic E-state index is 12.7. The molecule has 0 saturated carbocycles. The summed E-state index contributed by atoms with van der Waals surface area (Å²) in [5.41, 5.74) is 2.08. The fourth-order valence-corrected chi connectivity index (χ4v) is 3.79. The summed E-state index contributed by atoms with van der Waals surface area (Å²) < 4.78 is 26.7. The van der Waals surface area contributed by atoms with Crippen molar-refractivity contribution in [3.8, 4) is 11.3 Å². The van der Waals surface area contributed by atoms with E-state index >= 15 is 0 Å². The number of hydrogen-bond donors (Lipinski definition) is 1. The van der Waals surface area contributed by atoms with E-state index in [0.717, 1.165) is 16.6 Å². The third-order valence-electron chi connectivity index (χ3n) is 3.61. The SMILES string of the molecule is O=S(=O)(c1ccccc1)n1ccc2cc(-c3ccn[nH]3)cnc21. The quantitative estimate of drug-likeness (QED) is 0.628. The second kappa shape index (κ2) is 5.06. The van der Waals surface area contributed by atoms with Crippen LogP contribution in [0.2, 0.25) is 0 Å². The number of nitrogens with one attached hydrogen (secondary N) is 1. The number of rotatable bonds is 3. The fourth-order valence-electron chi connectivity index (χ4n) is 2.46. The Kier molecular flexibility index (Phi) is 3.02. The molecule has 114 valence electrons. The largest absolute Gasteiger partial charge is 0.278 e. The molecule has 0 aliphatic heterocycles.